The second-order valence-corrected chi connectivity index (χ2v) is 3.93. The highest BCUT2D eigenvalue weighted by molar-refractivity contribution is 9.10. The number of carbonyl (C=O) groups excluding carboxylic acids is 1. The van der Waals surface area contributed by atoms with Crippen LogP contribution in [0.2, 0.25) is 0 Å². The fourth-order valence-electron chi connectivity index (χ4n) is 1.34. The van der Waals surface area contributed by atoms with Crippen LogP contribution >= 0.6 is 15.9 Å². The smallest absolute Gasteiger partial charge is 0.209 e. The van der Waals surface area contributed by atoms with Crippen molar-refractivity contribution in [2.24, 2.45) is 0 Å². The van der Waals surface area contributed by atoms with Crippen molar-refractivity contribution in [3.05, 3.63) is 34.5 Å². The van der Waals surface area contributed by atoms with E-state index in [0.29, 0.717) is 11.3 Å². The van der Waals surface area contributed by atoms with Crippen molar-refractivity contribution in [3.63, 3.8) is 0 Å². The van der Waals surface area contributed by atoms with E-state index in [-0.39, 0.29) is 12.2 Å². The third-order valence-electron chi connectivity index (χ3n) is 2.03. The first-order valence-electron chi connectivity index (χ1n) is 4.37. The van der Waals surface area contributed by atoms with Gasteiger partial charge in [0.25, 0.3) is 0 Å². The van der Waals surface area contributed by atoms with Gasteiger partial charge in [0.15, 0.2) is 5.76 Å². The Morgan fingerprint density at radius 1 is 1.53 bits per heavy atom. The van der Waals surface area contributed by atoms with Crippen LogP contribution in [-0.4, -0.2) is 5.78 Å². The average molecular weight is 263 g/mol. The Morgan fingerprint density at radius 2 is 2.33 bits per heavy atom. The fourth-order valence-corrected chi connectivity index (χ4v) is 1.81. The Morgan fingerprint density at radius 3 is 3.00 bits per heavy atom. The van der Waals surface area contributed by atoms with Gasteiger partial charge in [-0.15, -0.1) is 6.42 Å². The first kappa shape index (κ1) is 10.0. The number of ketones is 1. The Labute approximate surface area is 95.4 Å². The van der Waals surface area contributed by atoms with Crippen LogP contribution in [0.5, 0.6) is 0 Å². The van der Waals surface area contributed by atoms with Crippen molar-refractivity contribution in [1.82, 2.24) is 0 Å². The second kappa shape index (κ2) is 3.92. The van der Waals surface area contributed by atoms with E-state index in [9.17, 15) is 4.79 Å². The zero-order chi connectivity index (χ0) is 10.8. The molecule has 0 aliphatic rings. The number of fused-ring (bicyclic) bond motifs is 1. The second-order valence-electron chi connectivity index (χ2n) is 3.07. The normalized spacial score (nSPS) is 10.1. The first-order chi connectivity index (χ1) is 7.22. The van der Waals surface area contributed by atoms with Gasteiger partial charge in [0.05, 0.1) is 10.9 Å². The highest BCUT2D eigenvalue weighted by Crippen LogP contribution is 2.27. The van der Waals surface area contributed by atoms with Gasteiger partial charge in [-0.25, -0.2) is 0 Å². The number of halogens is 1. The number of rotatable bonds is 2. The summed E-state index contributed by atoms with van der Waals surface area (Å²) in [6.45, 7) is 0. The van der Waals surface area contributed by atoms with Gasteiger partial charge < -0.3 is 4.42 Å². The Balaban J connectivity index is 2.53. The van der Waals surface area contributed by atoms with Crippen molar-refractivity contribution in [3.8, 4) is 12.3 Å². The highest BCUT2D eigenvalue weighted by Gasteiger charge is 2.12. The minimum Gasteiger partial charge on any atom is -0.452 e. The van der Waals surface area contributed by atoms with Gasteiger partial charge in [-0.05, 0) is 28.1 Å². The van der Waals surface area contributed by atoms with Crippen molar-refractivity contribution in [2.45, 2.75) is 6.42 Å². The topological polar surface area (TPSA) is 30.2 Å². The van der Waals surface area contributed by atoms with Gasteiger partial charge in [-0.3, -0.25) is 4.79 Å². The molecular weight excluding hydrogens is 256 g/mol. The molecule has 1 aromatic heterocycles. The molecule has 0 aliphatic carbocycles. The molecule has 1 aromatic carbocycles. The number of para-hydroxylation sites is 1. The van der Waals surface area contributed by atoms with E-state index in [1.165, 1.54) is 0 Å². The predicted octanol–water partition coefficient (Wildman–Crippen LogP) is 3.40. The van der Waals surface area contributed by atoms with E-state index in [1.54, 1.807) is 6.07 Å². The van der Waals surface area contributed by atoms with Crippen LogP contribution in [0.3, 0.4) is 0 Å². The summed E-state index contributed by atoms with van der Waals surface area (Å²) in [5.74, 6) is 2.45. The van der Waals surface area contributed by atoms with Crippen LogP contribution < -0.4 is 0 Å². The van der Waals surface area contributed by atoms with Gasteiger partial charge in [0.1, 0.15) is 5.58 Å². The summed E-state index contributed by atoms with van der Waals surface area (Å²) in [6, 6.07) is 7.34. The lowest BCUT2D eigenvalue weighted by atomic mass is 10.2. The Bertz CT molecular complexity index is 560. The molecule has 2 rings (SSSR count). The number of furan rings is 1. The maximum atomic E-state index is 11.5. The van der Waals surface area contributed by atoms with E-state index in [0.717, 1.165) is 9.86 Å². The third-order valence-corrected chi connectivity index (χ3v) is 2.66. The third kappa shape index (κ3) is 1.81. The Kier molecular flexibility index (Phi) is 2.61. The molecule has 0 fully saturated rings. The van der Waals surface area contributed by atoms with Crippen LogP contribution in [-0.2, 0) is 0 Å². The lowest BCUT2D eigenvalue weighted by Gasteiger charge is -1.90. The zero-order valence-corrected chi connectivity index (χ0v) is 9.37. The summed E-state index contributed by atoms with van der Waals surface area (Å²) >= 11 is 3.35. The standard InChI is InChI=1S/C12H7BrO2/c1-2-4-10(14)11-7-8-5-3-6-9(13)12(8)15-11/h1,3,5-7H,4H2. The maximum absolute atomic E-state index is 11.5. The summed E-state index contributed by atoms with van der Waals surface area (Å²) in [4.78, 5) is 11.5. The van der Waals surface area contributed by atoms with Crippen molar-refractivity contribution in [2.75, 3.05) is 0 Å². The minimum atomic E-state index is -0.166. The van der Waals surface area contributed by atoms with E-state index in [2.05, 4.69) is 21.9 Å². The van der Waals surface area contributed by atoms with E-state index >= 15 is 0 Å². The summed E-state index contributed by atoms with van der Waals surface area (Å²) in [7, 11) is 0. The highest BCUT2D eigenvalue weighted by atomic mass is 79.9. The summed E-state index contributed by atoms with van der Waals surface area (Å²) < 4.78 is 6.25. The molecule has 0 aliphatic heterocycles. The monoisotopic (exact) mass is 262 g/mol. The van der Waals surface area contributed by atoms with Crippen LogP contribution in [0.1, 0.15) is 17.0 Å². The number of terminal acetylenes is 1. The van der Waals surface area contributed by atoms with Gasteiger partial charge in [-0.1, -0.05) is 18.1 Å². The molecule has 0 radical (unpaired) electrons. The van der Waals surface area contributed by atoms with Crippen LogP contribution in [0.25, 0.3) is 11.0 Å². The van der Waals surface area contributed by atoms with Crippen molar-refractivity contribution in [1.29, 1.82) is 0 Å². The molecular formula is C12H7BrO2. The molecule has 0 saturated heterocycles. The zero-order valence-electron chi connectivity index (χ0n) is 7.79. The molecule has 0 N–H and O–H groups in total. The van der Waals surface area contributed by atoms with Crippen LogP contribution in [0.15, 0.2) is 33.2 Å². The molecule has 2 aromatic rings. The molecule has 74 valence electrons. The lowest BCUT2D eigenvalue weighted by molar-refractivity contribution is 0.0974. The molecule has 0 spiro atoms. The van der Waals surface area contributed by atoms with Gasteiger partial charge >= 0.3 is 0 Å². The summed E-state index contributed by atoms with van der Waals surface area (Å²) in [5.41, 5.74) is 0.679. The molecule has 0 unspecified atom stereocenters. The van der Waals surface area contributed by atoms with Gasteiger partial charge in [0, 0.05) is 5.39 Å². The average Bonchev–Trinajstić information content (AvgIpc) is 2.63. The molecule has 15 heavy (non-hydrogen) atoms. The Hall–Kier alpha value is -1.53. The van der Waals surface area contributed by atoms with Crippen molar-refractivity contribution >= 4 is 32.7 Å². The quantitative estimate of drug-likeness (QED) is 0.614. The number of hydrogen-bond donors (Lipinski definition) is 0. The molecule has 0 amide bonds. The summed E-state index contributed by atoms with van der Waals surface area (Å²) in [5, 5.41) is 0.893. The molecule has 1 heterocycles. The van der Waals surface area contributed by atoms with Crippen LogP contribution in [0, 0.1) is 12.3 Å². The van der Waals surface area contributed by atoms with Crippen LogP contribution in [0.4, 0.5) is 0 Å². The SMILES string of the molecule is C#CCC(=O)c1cc2cccc(Br)c2o1. The molecule has 2 nitrogen and oxygen atoms in total. The van der Waals surface area contributed by atoms with E-state index in [1.807, 2.05) is 18.2 Å². The molecule has 3 heteroatoms. The largest absolute Gasteiger partial charge is 0.452 e. The number of Topliss-reactive ketones (excluding diaryl/α,β-unsaturated/α-hetero) is 1. The lowest BCUT2D eigenvalue weighted by Crippen LogP contribution is -1.93. The number of benzene rings is 1. The minimum absolute atomic E-state index is 0.0669. The van der Waals surface area contributed by atoms with Gasteiger partial charge in [-0.2, -0.15) is 0 Å². The van der Waals surface area contributed by atoms with E-state index < -0.39 is 0 Å². The van der Waals surface area contributed by atoms with Crippen molar-refractivity contribution < 1.29 is 9.21 Å². The first-order valence-corrected chi connectivity index (χ1v) is 5.16. The number of hydrogen-bond acceptors (Lipinski definition) is 2. The predicted molar refractivity (Wildman–Crippen MR) is 61.7 cm³/mol. The molecule has 0 bridgehead atoms. The number of carbonyl (C=O) groups is 1. The molecule has 0 saturated carbocycles. The fraction of sp³-hybridized carbons (Fsp3) is 0.0833. The molecule has 0 atom stereocenters. The van der Waals surface area contributed by atoms with Gasteiger partial charge in [0.2, 0.25) is 5.78 Å². The summed E-state index contributed by atoms with van der Waals surface area (Å²) in [6.07, 6.45) is 5.14. The van der Waals surface area contributed by atoms with E-state index in [4.69, 9.17) is 10.8 Å². The maximum Gasteiger partial charge on any atom is 0.209 e.